The summed E-state index contributed by atoms with van der Waals surface area (Å²) in [6, 6.07) is 13.9. The van der Waals surface area contributed by atoms with E-state index < -0.39 is 0 Å². The fourth-order valence-corrected chi connectivity index (χ4v) is 5.96. The normalized spacial score (nSPS) is 19.3. The van der Waals surface area contributed by atoms with Gasteiger partial charge in [0.15, 0.2) is 0 Å². The minimum atomic E-state index is -0.205. The second kappa shape index (κ2) is 9.96. The molecule has 0 radical (unpaired) electrons. The molecule has 0 aliphatic heterocycles. The molecule has 160 valence electrons. The van der Waals surface area contributed by atoms with Crippen molar-refractivity contribution in [2.75, 3.05) is 6.61 Å². The quantitative estimate of drug-likeness (QED) is 0.351. The van der Waals surface area contributed by atoms with Crippen LogP contribution in [0.4, 0.5) is 4.39 Å². The molecule has 3 heteroatoms. The van der Waals surface area contributed by atoms with E-state index in [1.54, 1.807) is 6.07 Å². The average molecular weight is 425 g/mol. The molecule has 0 saturated heterocycles. The lowest BCUT2D eigenvalue weighted by Crippen LogP contribution is -2.20. The lowest BCUT2D eigenvalue weighted by molar-refractivity contribution is 0.178. The smallest absolute Gasteiger partial charge is 0.134 e. The lowest BCUT2D eigenvalue weighted by Gasteiger charge is -2.28. The lowest BCUT2D eigenvalue weighted by atomic mass is 9.80. The van der Waals surface area contributed by atoms with Gasteiger partial charge in [0.25, 0.3) is 0 Å². The van der Waals surface area contributed by atoms with Crippen molar-refractivity contribution in [2.45, 2.75) is 65.2 Å². The first-order valence-electron chi connectivity index (χ1n) is 11.6. The maximum Gasteiger partial charge on any atom is 0.134 e. The Balaban J connectivity index is 1.40. The van der Waals surface area contributed by atoms with Gasteiger partial charge in [0, 0.05) is 21.2 Å². The van der Waals surface area contributed by atoms with Crippen molar-refractivity contribution < 1.29 is 9.13 Å². The van der Waals surface area contributed by atoms with Crippen molar-refractivity contribution in [1.82, 2.24) is 0 Å². The van der Waals surface area contributed by atoms with Gasteiger partial charge in [-0.3, -0.25) is 0 Å². The van der Waals surface area contributed by atoms with Crippen molar-refractivity contribution in [3.63, 3.8) is 0 Å². The topological polar surface area (TPSA) is 9.23 Å². The third-order valence-electron chi connectivity index (χ3n) is 6.47. The van der Waals surface area contributed by atoms with E-state index in [0.717, 1.165) is 24.3 Å². The number of thiophene rings is 1. The standard InChI is InChI=1S/C27H33FOS/c1-3-5-19-7-9-20(10-8-19)18-29-23-13-14-25(26(28)17-23)21-11-12-22-15-24(6-4-2)30-27(22)16-21/h11-17,19-20H,3-10,18H2,1-2H3. The molecular formula is C27H33FOS. The van der Waals surface area contributed by atoms with E-state index in [1.807, 2.05) is 29.5 Å². The maximum atomic E-state index is 14.9. The molecule has 30 heavy (non-hydrogen) atoms. The average Bonchev–Trinajstić information content (AvgIpc) is 3.15. The Labute approximate surface area is 184 Å². The van der Waals surface area contributed by atoms with Crippen molar-refractivity contribution in [3.05, 3.63) is 53.2 Å². The molecule has 4 rings (SSSR count). The van der Waals surface area contributed by atoms with E-state index in [9.17, 15) is 4.39 Å². The predicted octanol–water partition coefficient (Wildman–Crippen LogP) is 8.65. The number of fused-ring (bicyclic) bond motifs is 1. The number of halogens is 1. The number of benzene rings is 2. The summed E-state index contributed by atoms with van der Waals surface area (Å²) in [7, 11) is 0. The summed E-state index contributed by atoms with van der Waals surface area (Å²) in [5.41, 5.74) is 1.58. The van der Waals surface area contributed by atoms with E-state index in [0.29, 0.717) is 23.8 Å². The predicted molar refractivity (Wildman–Crippen MR) is 127 cm³/mol. The Hall–Kier alpha value is -1.87. The van der Waals surface area contributed by atoms with Gasteiger partial charge in [0.2, 0.25) is 0 Å². The van der Waals surface area contributed by atoms with Gasteiger partial charge in [-0.15, -0.1) is 11.3 Å². The molecule has 1 fully saturated rings. The van der Waals surface area contributed by atoms with Crippen LogP contribution in [0.3, 0.4) is 0 Å². The minimum absolute atomic E-state index is 0.205. The Morgan fingerprint density at radius 3 is 2.47 bits per heavy atom. The second-order valence-electron chi connectivity index (χ2n) is 8.84. The first-order chi connectivity index (χ1) is 14.7. The highest BCUT2D eigenvalue weighted by Crippen LogP contribution is 2.34. The van der Waals surface area contributed by atoms with Gasteiger partial charge in [0.1, 0.15) is 11.6 Å². The Morgan fingerprint density at radius 1 is 0.933 bits per heavy atom. The van der Waals surface area contributed by atoms with Crippen molar-refractivity contribution in [2.24, 2.45) is 11.8 Å². The van der Waals surface area contributed by atoms with Crippen molar-refractivity contribution in [3.8, 4) is 16.9 Å². The van der Waals surface area contributed by atoms with Crippen LogP contribution in [0.5, 0.6) is 5.75 Å². The molecule has 1 aromatic heterocycles. The van der Waals surface area contributed by atoms with Gasteiger partial charge in [0.05, 0.1) is 6.61 Å². The van der Waals surface area contributed by atoms with Crippen LogP contribution in [-0.4, -0.2) is 6.61 Å². The molecule has 0 bridgehead atoms. The van der Waals surface area contributed by atoms with E-state index in [-0.39, 0.29) is 5.82 Å². The van der Waals surface area contributed by atoms with Gasteiger partial charge in [-0.2, -0.15) is 0 Å². The molecule has 1 aliphatic carbocycles. The summed E-state index contributed by atoms with van der Waals surface area (Å²) in [6.07, 6.45) is 10.0. The number of rotatable bonds is 8. The van der Waals surface area contributed by atoms with E-state index in [2.05, 4.69) is 32.0 Å². The first-order valence-corrected chi connectivity index (χ1v) is 12.4. The number of ether oxygens (including phenoxy) is 1. The third-order valence-corrected chi connectivity index (χ3v) is 7.63. The van der Waals surface area contributed by atoms with Crippen molar-refractivity contribution >= 4 is 21.4 Å². The fraction of sp³-hybridized carbons (Fsp3) is 0.481. The van der Waals surface area contributed by atoms with Gasteiger partial charge in [-0.05, 0) is 66.3 Å². The van der Waals surface area contributed by atoms with E-state index in [1.165, 1.54) is 53.5 Å². The molecule has 0 unspecified atom stereocenters. The first kappa shape index (κ1) is 21.4. The third kappa shape index (κ3) is 5.06. The highest BCUT2D eigenvalue weighted by atomic mass is 32.1. The van der Waals surface area contributed by atoms with Gasteiger partial charge >= 0.3 is 0 Å². The summed E-state index contributed by atoms with van der Waals surface area (Å²) in [5.74, 6) is 1.96. The van der Waals surface area contributed by atoms with Crippen LogP contribution in [0.2, 0.25) is 0 Å². The molecule has 0 atom stereocenters. The summed E-state index contributed by atoms with van der Waals surface area (Å²) in [6.45, 7) is 5.18. The summed E-state index contributed by atoms with van der Waals surface area (Å²) >= 11 is 1.82. The molecule has 1 aliphatic rings. The molecule has 1 heterocycles. The van der Waals surface area contributed by atoms with Gasteiger partial charge in [-0.1, -0.05) is 58.1 Å². The zero-order valence-electron chi connectivity index (χ0n) is 18.3. The monoisotopic (exact) mass is 424 g/mol. The molecule has 0 N–H and O–H groups in total. The van der Waals surface area contributed by atoms with Crippen LogP contribution in [-0.2, 0) is 6.42 Å². The minimum Gasteiger partial charge on any atom is -0.493 e. The van der Waals surface area contributed by atoms with Crippen LogP contribution in [0.1, 0.15) is 63.7 Å². The molecule has 3 aromatic rings. The van der Waals surface area contributed by atoms with Crippen LogP contribution in [0.25, 0.3) is 21.2 Å². The molecule has 2 aromatic carbocycles. The largest absolute Gasteiger partial charge is 0.493 e. The van der Waals surface area contributed by atoms with E-state index >= 15 is 0 Å². The van der Waals surface area contributed by atoms with Crippen LogP contribution in [0.15, 0.2) is 42.5 Å². The van der Waals surface area contributed by atoms with E-state index in [4.69, 9.17) is 4.74 Å². The highest BCUT2D eigenvalue weighted by molar-refractivity contribution is 7.19. The number of aryl methyl sites for hydroxylation is 1. The summed E-state index contributed by atoms with van der Waals surface area (Å²) in [4.78, 5) is 1.40. The Kier molecular flexibility index (Phi) is 7.09. The molecule has 0 amide bonds. The second-order valence-corrected chi connectivity index (χ2v) is 10.0. The number of hydrogen-bond acceptors (Lipinski definition) is 2. The zero-order chi connectivity index (χ0) is 20.9. The Bertz CT molecular complexity index is 968. The summed E-state index contributed by atoms with van der Waals surface area (Å²) < 4.78 is 22.1. The summed E-state index contributed by atoms with van der Waals surface area (Å²) in [5, 5.41) is 1.25. The molecule has 0 spiro atoms. The van der Waals surface area contributed by atoms with Crippen LogP contribution >= 0.6 is 11.3 Å². The Morgan fingerprint density at radius 2 is 1.73 bits per heavy atom. The SMILES string of the molecule is CCCc1cc2ccc(-c3ccc(OCC4CCC(CCC)CC4)cc3F)cc2s1. The maximum absolute atomic E-state index is 14.9. The van der Waals surface area contributed by atoms with Crippen molar-refractivity contribution in [1.29, 1.82) is 0 Å². The van der Waals surface area contributed by atoms with Crippen LogP contribution < -0.4 is 4.74 Å². The van der Waals surface area contributed by atoms with Crippen LogP contribution in [0, 0.1) is 17.7 Å². The van der Waals surface area contributed by atoms with Gasteiger partial charge in [-0.25, -0.2) is 4.39 Å². The number of hydrogen-bond donors (Lipinski definition) is 0. The van der Waals surface area contributed by atoms with Gasteiger partial charge < -0.3 is 4.74 Å². The highest BCUT2D eigenvalue weighted by Gasteiger charge is 2.21. The molecular weight excluding hydrogens is 391 g/mol. The zero-order valence-corrected chi connectivity index (χ0v) is 19.1. The fourth-order valence-electron chi connectivity index (χ4n) is 4.75. The molecule has 1 nitrogen and oxygen atoms in total. The molecule has 1 saturated carbocycles.